The Hall–Kier alpha value is -0.170. The lowest BCUT2D eigenvalue weighted by Crippen LogP contribution is -2.49. The molecule has 2 heterocycles. The van der Waals surface area contributed by atoms with Crippen molar-refractivity contribution in [1.82, 2.24) is 10.2 Å². The molecule has 2 rings (SSSR count). The number of rotatable bonds is 6. The Labute approximate surface area is 110 Å². The highest BCUT2D eigenvalue weighted by Gasteiger charge is 2.41. The number of hydrogen-bond acceptors (Lipinski definition) is 5. The van der Waals surface area contributed by atoms with Gasteiger partial charge in [0.2, 0.25) is 0 Å². The predicted molar refractivity (Wildman–Crippen MR) is 71.5 cm³/mol. The predicted octanol–water partition coefficient (Wildman–Crippen LogP) is -0.126. The number of nitrogens with zero attached hydrogens (tertiary/aromatic N) is 1. The van der Waals surface area contributed by atoms with E-state index in [0.717, 1.165) is 19.6 Å². The fourth-order valence-corrected chi connectivity index (χ4v) is 4.90. The first-order valence-electron chi connectivity index (χ1n) is 6.88. The van der Waals surface area contributed by atoms with Crippen LogP contribution in [0.15, 0.2) is 0 Å². The largest absolute Gasteiger partial charge is 0.380 e. The molecule has 0 spiro atoms. The van der Waals surface area contributed by atoms with Crippen molar-refractivity contribution in [2.24, 2.45) is 0 Å². The van der Waals surface area contributed by atoms with Gasteiger partial charge < -0.3 is 10.1 Å². The van der Waals surface area contributed by atoms with Gasteiger partial charge in [0.1, 0.15) is 0 Å². The third kappa shape index (κ3) is 3.66. The van der Waals surface area contributed by atoms with Crippen molar-refractivity contribution in [3.8, 4) is 0 Å². The third-order valence-corrected chi connectivity index (χ3v) is 5.51. The fourth-order valence-electron chi connectivity index (χ4n) is 2.92. The van der Waals surface area contributed by atoms with Crippen molar-refractivity contribution >= 4 is 9.84 Å². The quantitative estimate of drug-likeness (QED) is 0.685. The van der Waals surface area contributed by atoms with Gasteiger partial charge in [-0.1, -0.05) is 0 Å². The van der Waals surface area contributed by atoms with Crippen LogP contribution in [0.1, 0.15) is 19.8 Å². The van der Waals surface area contributed by atoms with E-state index in [1.165, 1.54) is 12.8 Å². The van der Waals surface area contributed by atoms with E-state index in [4.69, 9.17) is 4.74 Å². The molecule has 6 heteroatoms. The Morgan fingerprint density at radius 3 is 2.67 bits per heavy atom. The van der Waals surface area contributed by atoms with Crippen LogP contribution in [-0.2, 0) is 14.6 Å². The molecule has 106 valence electrons. The van der Waals surface area contributed by atoms with E-state index in [1.807, 2.05) is 6.92 Å². The second-order valence-corrected chi connectivity index (χ2v) is 7.30. The summed E-state index contributed by atoms with van der Waals surface area (Å²) < 4.78 is 28.9. The zero-order valence-corrected chi connectivity index (χ0v) is 11.9. The highest BCUT2D eigenvalue weighted by Crippen LogP contribution is 2.22. The number of likely N-dealkylation sites (tertiary alicyclic amines) is 1. The lowest BCUT2D eigenvalue weighted by molar-refractivity contribution is 0.142. The Kier molecular flexibility index (Phi) is 5.00. The van der Waals surface area contributed by atoms with E-state index >= 15 is 0 Å². The summed E-state index contributed by atoms with van der Waals surface area (Å²) in [5.74, 6) is 0.597. The summed E-state index contributed by atoms with van der Waals surface area (Å²) in [5.41, 5.74) is 0. The minimum Gasteiger partial charge on any atom is -0.380 e. The molecule has 2 aliphatic heterocycles. The van der Waals surface area contributed by atoms with Crippen molar-refractivity contribution in [1.29, 1.82) is 0 Å². The van der Waals surface area contributed by atoms with E-state index in [9.17, 15) is 8.42 Å². The molecule has 0 radical (unpaired) electrons. The lowest BCUT2D eigenvalue weighted by Gasteiger charge is -2.28. The molecule has 0 saturated carbocycles. The summed E-state index contributed by atoms with van der Waals surface area (Å²) in [7, 11) is -2.87. The van der Waals surface area contributed by atoms with Gasteiger partial charge >= 0.3 is 0 Å². The van der Waals surface area contributed by atoms with Crippen molar-refractivity contribution in [2.45, 2.75) is 31.8 Å². The molecule has 0 amide bonds. The maximum absolute atomic E-state index is 11.8. The molecule has 0 aromatic carbocycles. The van der Waals surface area contributed by atoms with Crippen molar-refractivity contribution in [3.05, 3.63) is 0 Å². The van der Waals surface area contributed by atoms with Crippen LogP contribution in [0.4, 0.5) is 0 Å². The fraction of sp³-hybridized carbons (Fsp3) is 1.00. The van der Waals surface area contributed by atoms with E-state index < -0.39 is 9.84 Å². The van der Waals surface area contributed by atoms with Gasteiger partial charge in [0.15, 0.2) is 9.84 Å². The van der Waals surface area contributed by atoms with E-state index in [0.29, 0.717) is 19.0 Å². The zero-order valence-electron chi connectivity index (χ0n) is 11.1. The maximum atomic E-state index is 11.8. The van der Waals surface area contributed by atoms with Crippen molar-refractivity contribution in [3.63, 3.8) is 0 Å². The van der Waals surface area contributed by atoms with Crippen LogP contribution in [0.2, 0.25) is 0 Å². The van der Waals surface area contributed by atoms with Gasteiger partial charge in [-0.25, -0.2) is 8.42 Å². The van der Waals surface area contributed by atoms with Gasteiger partial charge in [-0.2, -0.15) is 0 Å². The highest BCUT2D eigenvalue weighted by atomic mass is 32.2. The van der Waals surface area contributed by atoms with E-state index in [1.54, 1.807) is 0 Å². The maximum Gasteiger partial charge on any atom is 0.153 e. The number of ether oxygens (including phenoxy) is 1. The Bertz CT molecular complexity index is 352. The lowest BCUT2D eigenvalue weighted by atomic mass is 10.1. The van der Waals surface area contributed by atoms with E-state index in [-0.39, 0.29) is 17.8 Å². The van der Waals surface area contributed by atoms with Gasteiger partial charge in [-0.3, -0.25) is 4.90 Å². The molecular weight excluding hydrogens is 252 g/mol. The first-order chi connectivity index (χ1) is 8.62. The zero-order chi connectivity index (χ0) is 13.0. The van der Waals surface area contributed by atoms with Crippen LogP contribution in [-0.4, -0.2) is 69.8 Å². The number of nitrogens with one attached hydrogen (secondary N) is 1. The molecule has 0 aromatic rings. The second-order valence-electron chi connectivity index (χ2n) is 5.14. The van der Waals surface area contributed by atoms with Crippen LogP contribution in [0.25, 0.3) is 0 Å². The SMILES string of the molecule is CCOCCN[C@@H]1CS(=O)(=O)C[C@@H]1N1CCCC1. The first-order valence-corrected chi connectivity index (χ1v) is 8.70. The molecule has 18 heavy (non-hydrogen) atoms. The van der Waals surface area contributed by atoms with Crippen LogP contribution in [0, 0.1) is 0 Å². The van der Waals surface area contributed by atoms with Gasteiger partial charge in [-0.15, -0.1) is 0 Å². The average molecular weight is 276 g/mol. The molecular formula is C12H24N2O3S. The topological polar surface area (TPSA) is 58.6 Å². The summed E-state index contributed by atoms with van der Waals surface area (Å²) in [6.07, 6.45) is 2.39. The third-order valence-electron chi connectivity index (χ3n) is 3.79. The van der Waals surface area contributed by atoms with Crippen LogP contribution < -0.4 is 5.32 Å². The Morgan fingerprint density at radius 1 is 1.28 bits per heavy atom. The molecule has 5 nitrogen and oxygen atoms in total. The van der Waals surface area contributed by atoms with E-state index in [2.05, 4.69) is 10.2 Å². The van der Waals surface area contributed by atoms with Gasteiger partial charge in [0.25, 0.3) is 0 Å². The molecule has 2 fully saturated rings. The van der Waals surface area contributed by atoms with Gasteiger partial charge in [0.05, 0.1) is 18.1 Å². The average Bonchev–Trinajstić information content (AvgIpc) is 2.91. The van der Waals surface area contributed by atoms with Crippen molar-refractivity contribution < 1.29 is 13.2 Å². The summed E-state index contributed by atoms with van der Waals surface area (Å²) in [6.45, 7) is 6.15. The summed E-state index contributed by atoms with van der Waals surface area (Å²) >= 11 is 0. The van der Waals surface area contributed by atoms with Crippen LogP contribution in [0.3, 0.4) is 0 Å². The number of sulfone groups is 1. The smallest absolute Gasteiger partial charge is 0.153 e. The highest BCUT2D eigenvalue weighted by molar-refractivity contribution is 7.91. The van der Waals surface area contributed by atoms with Crippen LogP contribution in [0.5, 0.6) is 0 Å². The molecule has 2 aliphatic rings. The normalized spacial score (nSPS) is 32.1. The van der Waals surface area contributed by atoms with Gasteiger partial charge in [0, 0.05) is 25.2 Å². The summed E-state index contributed by atoms with van der Waals surface area (Å²) in [6, 6.07) is 0.243. The summed E-state index contributed by atoms with van der Waals surface area (Å²) in [5, 5.41) is 3.35. The van der Waals surface area contributed by atoms with Crippen molar-refractivity contribution in [2.75, 3.05) is 44.4 Å². The minimum atomic E-state index is -2.87. The van der Waals surface area contributed by atoms with Crippen LogP contribution >= 0.6 is 0 Å². The first kappa shape index (κ1) is 14.2. The second kappa shape index (κ2) is 6.32. The molecule has 0 unspecified atom stereocenters. The minimum absolute atomic E-state index is 0.0774. The molecule has 1 N–H and O–H groups in total. The molecule has 2 atom stereocenters. The molecule has 0 aromatic heterocycles. The number of hydrogen-bond donors (Lipinski definition) is 1. The summed E-state index contributed by atoms with van der Waals surface area (Å²) in [4.78, 5) is 2.34. The molecule has 0 aliphatic carbocycles. The Balaban J connectivity index is 1.88. The Morgan fingerprint density at radius 2 is 2.00 bits per heavy atom. The monoisotopic (exact) mass is 276 g/mol. The molecule has 2 saturated heterocycles. The molecule has 0 bridgehead atoms. The standard InChI is InChI=1S/C12H24N2O3S/c1-2-17-8-5-13-11-9-18(15,16)10-12(11)14-6-3-4-7-14/h11-13H,2-10H2,1H3/t11-,12+/m1/s1. The van der Waals surface area contributed by atoms with Gasteiger partial charge in [-0.05, 0) is 32.9 Å².